The molecule has 0 fully saturated rings. The molecular weight excluding hydrogens is 304 g/mol. The van der Waals surface area contributed by atoms with Gasteiger partial charge in [-0.15, -0.1) is 0 Å². The average molecular weight is 317 g/mol. The number of hydrogen-bond acceptors (Lipinski definition) is 2. The zero-order chi connectivity index (χ0) is 13.5. The van der Waals surface area contributed by atoms with Gasteiger partial charge in [0.25, 0.3) is 0 Å². The summed E-state index contributed by atoms with van der Waals surface area (Å²) in [4.78, 5) is 11.7. The van der Waals surface area contributed by atoms with Crippen LogP contribution in [0.3, 0.4) is 0 Å². The molecule has 0 atom stereocenters. The molecule has 0 saturated carbocycles. The highest BCUT2D eigenvalue weighted by molar-refractivity contribution is 9.10. The first-order valence-corrected chi connectivity index (χ1v) is 6.65. The molecule has 4 heteroatoms. The van der Waals surface area contributed by atoms with Crippen LogP contribution in [0.1, 0.15) is 11.1 Å². The van der Waals surface area contributed by atoms with E-state index in [1.165, 1.54) is 0 Å². The van der Waals surface area contributed by atoms with Crippen molar-refractivity contribution in [3.63, 3.8) is 0 Å². The lowest BCUT2D eigenvalue weighted by atomic mass is 10.1. The second kappa shape index (κ2) is 6.85. The largest absolute Gasteiger partial charge is 0.273 e. The van der Waals surface area contributed by atoms with E-state index in [2.05, 4.69) is 26.5 Å². The molecule has 0 spiro atoms. The number of benzene rings is 2. The predicted molar refractivity (Wildman–Crippen MR) is 80.0 cm³/mol. The Hall–Kier alpha value is -1.94. The summed E-state index contributed by atoms with van der Waals surface area (Å²) in [6, 6.07) is 17.2. The Labute approximate surface area is 120 Å². The van der Waals surface area contributed by atoms with Crippen LogP contribution in [-0.2, 0) is 11.2 Å². The highest BCUT2D eigenvalue weighted by atomic mass is 79.9. The quantitative estimate of drug-likeness (QED) is 0.683. The molecule has 0 aliphatic rings. The molecule has 0 aromatic heterocycles. The van der Waals surface area contributed by atoms with Gasteiger partial charge in [-0.1, -0.05) is 64.5 Å². The van der Waals surface area contributed by atoms with E-state index in [4.69, 9.17) is 0 Å². The number of nitrogens with zero attached hydrogens (tertiary/aromatic N) is 1. The molecule has 0 aliphatic heterocycles. The van der Waals surface area contributed by atoms with Crippen LogP contribution in [0.5, 0.6) is 0 Å². The van der Waals surface area contributed by atoms with E-state index in [-0.39, 0.29) is 5.91 Å². The van der Waals surface area contributed by atoms with Crippen molar-refractivity contribution in [2.75, 3.05) is 0 Å². The predicted octanol–water partition coefficient (Wildman–Crippen LogP) is 3.14. The number of hydrogen-bond donors (Lipinski definition) is 1. The van der Waals surface area contributed by atoms with Crippen molar-refractivity contribution < 1.29 is 4.79 Å². The van der Waals surface area contributed by atoms with Crippen LogP contribution in [0.25, 0.3) is 0 Å². The van der Waals surface area contributed by atoms with Crippen LogP contribution in [-0.4, -0.2) is 12.1 Å². The lowest BCUT2D eigenvalue weighted by Crippen LogP contribution is -2.19. The molecule has 0 unspecified atom stereocenters. The van der Waals surface area contributed by atoms with Gasteiger partial charge in [0.2, 0.25) is 5.91 Å². The summed E-state index contributed by atoms with van der Waals surface area (Å²) in [6.07, 6.45) is 1.95. The number of nitrogens with one attached hydrogen (secondary N) is 1. The lowest BCUT2D eigenvalue weighted by molar-refractivity contribution is -0.120. The lowest BCUT2D eigenvalue weighted by Gasteiger charge is -2.00. The topological polar surface area (TPSA) is 41.5 Å². The molecule has 0 saturated heterocycles. The molecule has 0 aliphatic carbocycles. The van der Waals surface area contributed by atoms with Gasteiger partial charge in [0.15, 0.2) is 0 Å². The second-order valence-electron chi connectivity index (χ2n) is 3.98. The highest BCUT2D eigenvalue weighted by Crippen LogP contribution is 2.13. The van der Waals surface area contributed by atoms with Gasteiger partial charge in [-0.05, 0) is 11.6 Å². The van der Waals surface area contributed by atoms with Gasteiger partial charge < -0.3 is 0 Å². The van der Waals surface area contributed by atoms with Crippen molar-refractivity contribution in [2.45, 2.75) is 6.42 Å². The van der Waals surface area contributed by atoms with Gasteiger partial charge in [-0.3, -0.25) is 4.79 Å². The Balaban J connectivity index is 1.89. The van der Waals surface area contributed by atoms with Crippen LogP contribution in [0.2, 0.25) is 0 Å². The van der Waals surface area contributed by atoms with Gasteiger partial charge in [-0.2, -0.15) is 5.10 Å². The van der Waals surface area contributed by atoms with Gasteiger partial charge in [0, 0.05) is 10.0 Å². The zero-order valence-corrected chi connectivity index (χ0v) is 11.8. The smallest absolute Gasteiger partial charge is 0.244 e. The molecule has 19 heavy (non-hydrogen) atoms. The molecule has 2 aromatic carbocycles. The van der Waals surface area contributed by atoms with E-state index in [0.29, 0.717) is 6.42 Å². The molecule has 2 rings (SSSR count). The van der Waals surface area contributed by atoms with Crippen LogP contribution < -0.4 is 5.43 Å². The number of carbonyl (C=O) groups excluding carboxylic acids is 1. The van der Waals surface area contributed by atoms with Gasteiger partial charge >= 0.3 is 0 Å². The summed E-state index contributed by atoms with van der Waals surface area (Å²) in [5.41, 5.74) is 4.40. The molecule has 3 nitrogen and oxygen atoms in total. The van der Waals surface area contributed by atoms with Crippen LogP contribution in [0.4, 0.5) is 0 Å². The third kappa shape index (κ3) is 4.34. The Morgan fingerprint density at radius 3 is 2.53 bits per heavy atom. The Bertz CT molecular complexity index is 582. The van der Waals surface area contributed by atoms with Crippen molar-refractivity contribution in [3.8, 4) is 0 Å². The molecule has 96 valence electrons. The minimum atomic E-state index is -0.130. The fourth-order valence-electron chi connectivity index (χ4n) is 1.57. The maximum absolute atomic E-state index is 11.7. The standard InChI is InChI=1S/C15H13BrN2O/c16-14-9-5-4-8-13(14)11-17-18-15(19)10-12-6-2-1-3-7-12/h1-9,11H,10H2,(H,18,19)/b17-11-. The van der Waals surface area contributed by atoms with E-state index in [1.54, 1.807) is 6.21 Å². The Morgan fingerprint density at radius 2 is 1.79 bits per heavy atom. The van der Waals surface area contributed by atoms with Crippen molar-refractivity contribution in [3.05, 3.63) is 70.2 Å². The first-order chi connectivity index (χ1) is 9.25. The summed E-state index contributed by atoms with van der Waals surface area (Å²) < 4.78 is 0.941. The molecule has 1 amide bonds. The van der Waals surface area contributed by atoms with E-state index in [9.17, 15) is 4.79 Å². The molecule has 0 bridgehead atoms. The first kappa shape index (κ1) is 13.5. The van der Waals surface area contributed by atoms with Crippen molar-refractivity contribution in [2.24, 2.45) is 5.10 Å². The summed E-state index contributed by atoms with van der Waals surface area (Å²) in [5, 5.41) is 3.94. The summed E-state index contributed by atoms with van der Waals surface area (Å²) >= 11 is 3.41. The van der Waals surface area contributed by atoms with E-state index in [0.717, 1.165) is 15.6 Å². The van der Waals surface area contributed by atoms with Gasteiger partial charge in [0.05, 0.1) is 12.6 Å². The Kier molecular flexibility index (Phi) is 4.86. The molecule has 0 radical (unpaired) electrons. The zero-order valence-electron chi connectivity index (χ0n) is 10.2. The second-order valence-corrected chi connectivity index (χ2v) is 4.83. The third-order valence-corrected chi connectivity index (χ3v) is 3.23. The highest BCUT2D eigenvalue weighted by Gasteiger charge is 2.01. The van der Waals surface area contributed by atoms with Crippen molar-refractivity contribution >= 4 is 28.1 Å². The van der Waals surface area contributed by atoms with E-state index < -0.39 is 0 Å². The molecule has 1 N–H and O–H groups in total. The number of rotatable bonds is 4. The normalized spacial score (nSPS) is 10.6. The minimum Gasteiger partial charge on any atom is -0.273 e. The number of carbonyl (C=O) groups is 1. The summed E-state index contributed by atoms with van der Waals surface area (Å²) in [6.45, 7) is 0. The molecular formula is C15H13BrN2O. The monoisotopic (exact) mass is 316 g/mol. The first-order valence-electron chi connectivity index (χ1n) is 5.86. The molecule has 0 heterocycles. The Morgan fingerprint density at radius 1 is 1.11 bits per heavy atom. The fourth-order valence-corrected chi connectivity index (χ4v) is 1.96. The van der Waals surface area contributed by atoms with Crippen molar-refractivity contribution in [1.82, 2.24) is 5.43 Å². The van der Waals surface area contributed by atoms with E-state index >= 15 is 0 Å². The maximum atomic E-state index is 11.7. The fraction of sp³-hybridized carbons (Fsp3) is 0.0667. The SMILES string of the molecule is O=C(Cc1ccccc1)N/N=C\c1ccccc1Br. The van der Waals surface area contributed by atoms with Crippen LogP contribution >= 0.6 is 15.9 Å². The number of halogens is 1. The summed E-state index contributed by atoms with van der Waals surface area (Å²) in [7, 11) is 0. The number of hydrazone groups is 1. The van der Waals surface area contributed by atoms with Crippen LogP contribution in [0.15, 0.2) is 64.2 Å². The maximum Gasteiger partial charge on any atom is 0.244 e. The van der Waals surface area contributed by atoms with Crippen LogP contribution in [0, 0.1) is 0 Å². The third-order valence-electron chi connectivity index (χ3n) is 2.51. The molecule has 2 aromatic rings. The minimum absolute atomic E-state index is 0.130. The van der Waals surface area contributed by atoms with E-state index in [1.807, 2.05) is 54.6 Å². The summed E-state index contributed by atoms with van der Waals surface area (Å²) in [5.74, 6) is -0.130. The van der Waals surface area contributed by atoms with Gasteiger partial charge in [-0.25, -0.2) is 5.43 Å². The van der Waals surface area contributed by atoms with Gasteiger partial charge in [0.1, 0.15) is 0 Å². The van der Waals surface area contributed by atoms with Crippen molar-refractivity contribution in [1.29, 1.82) is 0 Å². The number of amides is 1. The average Bonchev–Trinajstić information content (AvgIpc) is 2.42.